The van der Waals surface area contributed by atoms with E-state index in [0.717, 1.165) is 24.3 Å². The van der Waals surface area contributed by atoms with Gasteiger partial charge in [0.1, 0.15) is 0 Å². The molecule has 0 aliphatic carbocycles. The summed E-state index contributed by atoms with van der Waals surface area (Å²) < 4.78 is 0. The molecule has 1 aliphatic heterocycles. The summed E-state index contributed by atoms with van der Waals surface area (Å²) in [6.07, 6.45) is 5.06. The minimum atomic E-state index is -0.201. The van der Waals surface area contributed by atoms with Gasteiger partial charge in [-0.15, -0.1) is 0 Å². The number of piperidine rings is 1. The van der Waals surface area contributed by atoms with Crippen LogP contribution in [0.2, 0.25) is 0 Å². The van der Waals surface area contributed by atoms with Crippen LogP contribution < -0.4 is 21.3 Å². The molecule has 21 heavy (non-hydrogen) atoms. The fourth-order valence-corrected chi connectivity index (χ4v) is 2.74. The van der Waals surface area contributed by atoms with E-state index in [-0.39, 0.29) is 6.03 Å². The van der Waals surface area contributed by atoms with E-state index in [9.17, 15) is 4.79 Å². The van der Waals surface area contributed by atoms with E-state index in [1.165, 1.54) is 19.3 Å². The second-order valence-electron chi connectivity index (χ2n) is 5.71. The van der Waals surface area contributed by atoms with Crippen LogP contribution in [0.4, 0.5) is 16.2 Å². The van der Waals surface area contributed by atoms with Crippen molar-refractivity contribution >= 4 is 17.4 Å². The molecule has 5 heteroatoms. The van der Waals surface area contributed by atoms with Gasteiger partial charge in [0, 0.05) is 30.5 Å². The first kappa shape index (κ1) is 15.6. The molecule has 0 aromatic heterocycles. The Kier molecular flexibility index (Phi) is 5.87. The van der Waals surface area contributed by atoms with Crippen molar-refractivity contribution < 1.29 is 4.79 Å². The van der Waals surface area contributed by atoms with Crippen LogP contribution >= 0.6 is 0 Å². The zero-order valence-electron chi connectivity index (χ0n) is 12.9. The molecule has 0 saturated carbocycles. The molecule has 1 saturated heterocycles. The molecular weight excluding hydrogens is 264 g/mol. The summed E-state index contributed by atoms with van der Waals surface area (Å²) in [5, 5.41) is 12.4. The van der Waals surface area contributed by atoms with Gasteiger partial charge in [-0.05, 0) is 57.0 Å². The lowest BCUT2D eigenvalue weighted by Crippen LogP contribution is -2.37. The Bertz CT molecular complexity index is 440. The largest absolute Gasteiger partial charge is 0.383 e. The monoisotopic (exact) mass is 290 g/mol. The average Bonchev–Trinajstić information content (AvgIpc) is 2.50. The van der Waals surface area contributed by atoms with Crippen molar-refractivity contribution in [1.29, 1.82) is 0 Å². The van der Waals surface area contributed by atoms with Gasteiger partial charge in [-0.3, -0.25) is 0 Å². The number of carbonyl (C=O) groups excluding carboxylic acids is 1. The first-order valence-electron chi connectivity index (χ1n) is 7.76. The molecule has 2 unspecified atom stereocenters. The molecule has 0 bridgehead atoms. The SMILES string of the molecule is CNC(=O)Nc1ccc(NC(C)CC2CCCCN2)cc1. The maximum absolute atomic E-state index is 11.2. The number of amides is 2. The number of hydrogen-bond donors (Lipinski definition) is 4. The summed E-state index contributed by atoms with van der Waals surface area (Å²) >= 11 is 0. The van der Waals surface area contributed by atoms with Gasteiger partial charge in [-0.2, -0.15) is 0 Å². The van der Waals surface area contributed by atoms with Crippen molar-refractivity contribution in [1.82, 2.24) is 10.6 Å². The Morgan fingerprint density at radius 1 is 1.29 bits per heavy atom. The van der Waals surface area contributed by atoms with Gasteiger partial charge in [-0.25, -0.2) is 4.79 Å². The number of rotatable bonds is 5. The molecule has 0 spiro atoms. The fraction of sp³-hybridized carbons (Fsp3) is 0.562. The molecule has 1 fully saturated rings. The number of benzene rings is 1. The molecule has 2 atom stereocenters. The average molecular weight is 290 g/mol. The van der Waals surface area contributed by atoms with Crippen molar-refractivity contribution in [2.24, 2.45) is 0 Å². The quantitative estimate of drug-likeness (QED) is 0.674. The standard InChI is InChI=1S/C16H26N4O/c1-12(11-15-5-3-4-10-18-15)19-13-6-8-14(9-7-13)20-16(21)17-2/h6-9,12,15,18-19H,3-5,10-11H2,1-2H3,(H2,17,20,21). The van der Waals surface area contributed by atoms with E-state index in [4.69, 9.17) is 0 Å². The van der Waals surface area contributed by atoms with Crippen molar-refractivity contribution in [3.8, 4) is 0 Å². The first-order chi connectivity index (χ1) is 10.2. The Morgan fingerprint density at radius 3 is 2.62 bits per heavy atom. The van der Waals surface area contributed by atoms with Crippen LogP contribution in [0.3, 0.4) is 0 Å². The summed E-state index contributed by atoms with van der Waals surface area (Å²) in [5.74, 6) is 0. The number of nitrogens with one attached hydrogen (secondary N) is 4. The topological polar surface area (TPSA) is 65.2 Å². The molecule has 1 aliphatic rings. The third kappa shape index (κ3) is 5.27. The Morgan fingerprint density at radius 2 is 2.00 bits per heavy atom. The van der Waals surface area contributed by atoms with Gasteiger partial charge in [-0.1, -0.05) is 6.42 Å². The van der Waals surface area contributed by atoms with Crippen molar-refractivity contribution in [3.05, 3.63) is 24.3 Å². The normalized spacial score (nSPS) is 19.6. The van der Waals surface area contributed by atoms with Crippen LogP contribution in [-0.4, -0.2) is 31.7 Å². The zero-order valence-corrected chi connectivity index (χ0v) is 12.9. The Hall–Kier alpha value is -1.75. The highest BCUT2D eigenvalue weighted by Crippen LogP contribution is 2.17. The summed E-state index contributed by atoms with van der Waals surface area (Å²) in [7, 11) is 1.60. The van der Waals surface area contributed by atoms with Crippen LogP contribution in [0.5, 0.6) is 0 Å². The molecule has 4 N–H and O–H groups in total. The van der Waals surface area contributed by atoms with Crippen LogP contribution in [-0.2, 0) is 0 Å². The summed E-state index contributed by atoms with van der Waals surface area (Å²) in [6, 6.07) is 8.67. The maximum Gasteiger partial charge on any atom is 0.318 e. The number of hydrogen-bond acceptors (Lipinski definition) is 3. The molecule has 0 radical (unpaired) electrons. The second kappa shape index (κ2) is 7.88. The molecule has 1 heterocycles. The summed E-state index contributed by atoms with van der Waals surface area (Å²) in [4.78, 5) is 11.2. The minimum absolute atomic E-state index is 0.201. The molecular formula is C16H26N4O. The Balaban J connectivity index is 1.80. The molecule has 1 aromatic carbocycles. The van der Waals surface area contributed by atoms with Gasteiger partial charge in [0.05, 0.1) is 0 Å². The van der Waals surface area contributed by atoms with Crippen LogP contribution in [0.1, 0.15) is 32.6 Å². The number of anilines is 2. The van der Waals surface area contributed by atoms with Crippen LogP contribution in [0, 0.1) is 0 Å². The first-order valence-corrected chi connectivity index (χ1v) is 7.76. The van der Waals surface area contributed by atoms with E-state index in [2.05, 4.69) is 28.2 Å². The van der Waals surface area contributed by atoms with Crippen LogP contribution in [0.25, 0.3) is 0 Å². The predicted octanol–water partition coefficient (Wildman–Crippen LogP) is 2.77. The fourth-order valence-electron chi connectivity index (χ4n) is 2.74. The maximum atomic E-state index is 11.2. The number of urea groups is 1. The predicted molar refractivity (Wildman–Crippen MR) is 87.9 cm³/mol. The second-order valence-corrected chi connectivity index (χ2v) is 5.71. The highest BCUT2D eigenvalue weighted by Gasteiger charge is 2.15. The van der Waals surface area contributed by atoms with E-state index in [0.29, 0.717) is 12.1 Å². The third-order valence-corrected chi connectivity index (χ3v) is 3.83. The van der Waals surface area contributed by atoms with E-state index in [1.807, 2.05) is 24.3 Å². The van der Waals surface area contributed by atoms with E-state index in [1.54, 1.807) is 7.05 Å². The molecule has 2 amide bonds. The Labute approximate surface area is 126 Å². The van der Waals surface area contributed by atoms with Gasteiger partial charge < -0.3 is 21.3 Å². The molecule has 1 aromatic rings. The molecule has 116 valence electrons. The van der Waals surface area contributed by atoms with Gasteiger partial charge >= 0.3 is 6.03 Å². The lowest BCUT2D eigenvalue weighted by atomic mass is 9.98. The van der Waals surface area contributed by atoms with Gasteiger partial charge in [0.15, 0.2) is 0 Å². The van der Waals surface area contributed by atoms with Crippen LogP contribution in [0.15, 0.2) is 24.3 Å². The van der Waals surface area contributed by atoms with Gasteiger partial charge in [0.25, 0.3) is 0 Å². The lowest BCUT2D eigenvalue weighted by Gasteiger charge is -2.27. The van der Waals surface area contributed by atoms with Crippen molar-refractivity contribution in [3.63, 3.8) is 0 Å². The van der Waals surface area contributed by atoms with E-state index >= 15 is 0 Å². The minimum Gasteiger partial charge on any atom is -0.383 e. The molecule has 5 nitrogen and oxygen atoms in total. The van der Waals surface area contributed by atoms with Gasteiger partial charge in [0.2, 0.25) is 0 Å². The smallest absolute Gasteiger partial charge is 0.318 e. The van der Waals surface area contributed by atoms with Crippen molar-refractivity contribution in [2.75, 3.05) is 24.2 Å². The van der Waals surface area contributed by atoms with E-state index < -0.39 is 0 Å². The number of carbonyl (C=O) groups is 1. The molecule has 2 rings (SSSR count). The highest BCUT2D eigenvalue weighted by atomic mass is 16.2. The summed E-state index contributed by atoms with van der Waals surface area (Å²) in [5.41, 5.74) is 1.88. The van der Waals surface area contributed by atoms with Crippen molar-refractivity contribution in [2.45, 2.75) is 44.7 Å². The lowest BCUT2D eigenvalue weighted by molar-refractivity contribution is 0.254. The highest BCUT2D eigenvalue weighted by molar-refractivity contribution is 5.89. The zero-order chi connectivity index (χ0) is 15.1. The third-order valence-electron chi connectivity index (χ3n) is 3.83. The summed E-state index contributed by atoms with van der Waals surface area (Å²) in [6.45, 7) is 3.37.